The lowest BCUT2D eigenvalue weighted by Gasteiger charge is -2.12. The van der Waals surface area contributed by atoms with Gasteiger partial charge in [-0.25, -0.2) is 4.39 Å². The van der Waals surface area contributed by atoms with Crippen LogP contribution in [0.2, 0.25) is 0 Å². The Morgan fingerprint density at radius 2 is 1.80 bits per heavy atom. The van der Waals surface area contributed by atoms with Gasteiger partial charge in [-0.3, -0.25) is 4.98 Å². The monoisotopic (exact) mass is 267 g/mol. The van der Waals surface area contributed by atoms with E-state index in [0.29, 0.717) is 6.42 Å². The molecule has 3 heteroatoms. The maximum atomic E-state index is 13.6. The number of halogens is 1. The van der Waals surface area contributed by atoms with E-state index in [1.807, 2.05) is 42.5 Å². The van der Waals surface area contributed by atoms with Crippen LogP contribution in [-0.2, 0) is 6.42 Å². The Morgan fingerprint density at radius 1 is 1.00 bits per heavy atom. The Morgan fingerprint density at radius 3 is 2.65 bits per heavy atom. The number of fused-ring (bicyclic) bond motifs is 1. The third-order valence-corrected chi connectivity index (χ3v) is 3.40. The maximum absolute atomic E-state index is 13.6. The second kappa shape index (κ2) is 5.39. The Kier molecular flexibility index (Phi) is 3.44. The summed E-state index contributed by atoms with van der Waals surface area (Å²) in [6.07, 6.45) is 0.891. The molecule has 1 heterocycles. The second-order valence-electron chi connectivity index (χ2n) is 4.73. The van der Waals surface area contributed by atoms with E-state index in [-0.39, 0.29) is 5.69 Å². The van der Waals surface area contributed by atoms with Crippen LogP contribution in [0.1, 0.15) is 17.4 Å². The van der Waals surface area contributed by atoms with Crippen molar-refractivity contribution in [2.45, 2.75) is 12.5 Å². The molecule has 3 rings (SSSR count). The molecule has 0 fully saturated rings. The third kappa shape index (κ3) is 2.40. The van der Waals surface area contributed by atoms with Crippen molar-refractivity contribution in [2.24, 2.45) is 0 Å². The van der Waals surface area contributed by atoms with Crippen LogP contribution in [0, 0.1) is 5.82 Å². The van der Waals surface area contributed by atoms with Gasteiger partial charge in [0.05, 0.1) is 0 Å². The van der Waals surface area contributed by atoms with Crippen LogP contribution >= 0.6 is 0 Å². The molecule has 0 amide bonds. The molecule has 1 atom stereocenters. The van der Waals surface area contributed by atoms with Crippen molar-refractivity contribution in [3.63, 3.8) is 0 Å². The number of nitrogens with zero attached hydrogens (tertiary/aromatic N) is 1. The minimum absolute atomic E-state index is 0.0976. The summed E-state index contributed by atoms with van der Waals surface area (Å²) in [6.45, 7) is 0. The number of rotatable bonds is 3. The quantitative estimate of drug-likeness (QED) is 0.785. The number of aliphatic hydroxyl groups is 1. The molecule has 0 aliphatic carbocycles. The molecular formula is C17H14FNO. The van der Waals surface area contributed by atoms with Gasteiger partial charge in [0.1, 0.15) is 17.6 Å². The predicted octanol–water partition coefficient (Wildman–Crippen LogP) is 3.65. The lowest BCUT2D eigenvalue weighted by molar-refractivity contribution is 0.168. The van der Waals surface area contributed by atoms with E-state index in [2.05, 4.69) is 4.98 Å². The zero-order chi connectivity index (χ0) is 13.9. The first-order chi connectivity index (χ1) is 9.75. The van der Waals surface area contributed by atoms with Crippen molar-refractivity contribution in [2.75, 3.05) is 0 Å². The van der Waals surface area contributed by atoms with E-state index >= 15 is 0 Å². The van der Waals surface area contributed by atoms with E-state index in [1.54, 1.807) is 0 Å². The zero-order valence-corrected chi connectivity index (χ0v) is 10.8. The molecule has 0 aliphatic heterocycles. The van der Waals surface area contributed by atoms with Crippen LogP contribution < -0.4 is 0 Å². The average molecular weight is 267 g/mol. The topological polar surface area (TPSA) is 33.1 Å². The molecular weight excluding hydrogens is 253 g/mol. The van der Waals surface area contributed by atoms with E-state index in [1.165, 1.54) is 18.3 Å². The van der Waals surface area contributed by atoms with Gasteiger partial charge in [-0.15, -0.1) is 0 Å². The van der Waals surface area contributed by atoms with Crippen molar-refractivity contribution < 1.29 is 9.50 Å². The van der Waals surface area contributed by atoms with Crippen LogP contribution in [0.4, 0.5) is 4.39 Å². The van der Waals surface area contributed by atoms with Crippen LogP contribution in [0.15, 0.2) is 60.8 Å². The number of benzene rings is 2. The Balaban J connectivity index is 1.96. The summed E-state index contributed by atoms with van der Waals surface area (Å²) in [4.78, 5) is 3.93. The van der Waals surface area contributed by atoms with Gasteiger partial charge >= 0.3 is 0 Å². The molecule has 0 saturated heterocycles. The van der Waals surface area contributed by atoms with Gasteiger partial charge in [0.15, 0.2) is 0 Å². The summed E-state index contributed by atoms with van der Waals surface area (Å²) in [6, 6.07) is 16.7. The average Bonchev–Trinajstić information content (AvgIpc) is 2.48. The molecule has 0 radical (unpaired) electrons. The molecule has 1 unspecified atom stereocenters. The van der Waals surface area contributed by atoms with Crippen molar-refractivity contribution in [3.8, 4) is 0 Å². The van der Waals surface area contributed by atoms with Crippen molar-refractivity contribution in [1.82, 2.24) is 4.98 Å². The Hall–Kier alpha value is -2.26. The first-order valence-electron chi connectivity index (χ1n) is 6.51. The molecule has 2 nitrogen and oxygen atoms in total. The van der Waals surface area contributed by atoms with Gasteiger partial charge in [0, 0.05) is 12.6 Å². The Bertz CT molecular complexity index is 736. The molecule has 1 aromatic heterocycles. The first kappa shape index (κ1) is 12.8. The molecule has 20 heavy (non-hydrogen) atoms. The standard InChI is InChI=1S/C17H14FNO/c18-15-9-4-10-19-17(15)16(20)11-13-7-3-6-12-5-1-2-8-14(12)13/h1-10,16,20H,11H2. The highest BCUT2D eigenvalue weighted by molar-refractivity contribution is 5.85. The van der Waals surface area contributed by atoms with Gasteiger partial charge in [0.2, 0.25) is 0 Å². The van der Waals surface area contributed by atoms with Crippen LogP contribution in [-0.4, -0.2) is 10.1 Å². The van der Waals surface area contributed by atoms with E-state index in [0.717, 1.165) is 16.3 Å². The largest absolute Gasteiger partial charge is 0.386 e. The van der Waals surface area contributed by atoms with Gasteiger partial charge in [-0.1, -0.05) is 42.5 Å². The first-order valence-corrected chi connectivity index (χ1v) is 6.51. The molecule has 0 spiro atoms. The van der Waals surface area contributed by atoms with Crippen LogP contribution in [0.25, 0.3) is 10.8 Å². The third-order valence-electron chi connectivity index (χ3n) is 3.40. The SMILES string of the molecule is OC(Cc1cccc2ccccc12)c1ncccc1F. The summed E-state index contributed by atoms with van der Waals surface area (Å²) in [5.74, 6) is -0.472. The van der Waals surface area contributed by atoms with E-state index in [9.17, 15) is 9.50 Å². The summed E-state index contributed by atoms with van der Waals surface area (Å²) in [5, 5.41) is 12.4. The summed E-state index contributed by atoms with van der Waals surface area (Å²) < 4.78 is 13.6. The van der Waals surface area contributed by atoms with Crippen molar-refractivity contribution in [1.29, 1.82) is 0 Å². The highest BCUT2D eigenvalue weighted by atomic mass is 19.1. The van der Waals surface area contributed by atoms with Crippen LogP contribution in [0.5, 0.6) is 0 Å². The zero-order valence-electron chi connectivity index (χ0n) is 10.8. The maximum Gasteiger partial charge on any atom is 0.147 e. The lowest BCUT2D eigenvalue weighted by atomic mass is 9.98. The molecule has 3 aromatic rings. The highest BCUT2D eigenvalue weighted by Gasteiger charge is 2.15. The molecule has 2 aromatic carbocycles. The van der Waals surface area contributed by atoms with Crippen molar-refractivity contribution in [3.05, 3.63) is 77.9 Å². The predicted molar refractivity (Wildman–Crippen MR) is 76.8 cm³/mol. The fourth-order valence-electron chi connectivity index (χ4n) is 2.42. The van der Waals surface area contributed by atoms with E-state index < -0.39 is 11.9 Å². The van der Waals surface area contributed by atoms with Gasteiger partial charge < -0.3 is 5.11 Å². The fourth-order valence-corrected chi connectivity index (χ4v) is 2.42. The van der Waals surface area contributed by atoms with Gasteiger partial charge in [0.25, 0.3) is 0 Å². The van der Waals surface area contributed by atoms with E-state index in [4.69, 9.17) is 0 Å². The van der Waals surface area contributed by atoms with Crippen LogP contribution in [0.3, 0.4) is 0 Å². The Labute approximate surface area is 116 Å². The fraction of sp³-hybridized carbons (Fsp3) is 0.118. The molecule has 0 aliphatic rings. The summed E-state index contributed by atoms with van der Waals surface area (Å²) in [7, 11) is 0. The second-order valence-corrected chi connectivity index (χ2v) is 4.73. The van der Waals surface area contributed by atoms with Crippen molar-refractivity contribution >= 4 is 10.8 Å². The lowest BCUT2D eigenvalue weighted by Crippen LogP contribution is -2.07. The number of pyridine rings is 1. The highest BCUT2D eigenvalue weighted by Crippen LogP contribution is 2.24. The number of aliphatic hydroxyl groups excluding tert-OH is 1. The molecule has 100 valence electrons. The van der Waals surface area contributed by atoms with Gasteiger partial charge in [-0.2, -0.15) is 0 Å². The number of hydrogen-bond donors (Lipinski definition) is 1. The minimum Gasteiger partial charge on any atom is -0.386 e. The molecule has 1 N–H and O–H groups in total. The normalized spacial score (nSPS) is 12.5. The summed E-state index contributed by atoms with van der Waals surface area (Å²) in [5.41, 5.74) is 1.08. The minimum atomic E-state index is -0.943. The smallest absolute Gasteiger partial charge is 0.147 e. The summed E-state index contributed by atoms with van der Waals surface area (Å²) >= 11 is 0. The van der Waals surface area contributed by atoms with Gasteiger partial charge in [-0.05, 0) is 28.5 Å². The molecule has 0 bridgehead atoms. The number of hydrogen-bond acceptors (Lipinski definition) is 2. The molecule has 0 saturated carbocycles. The number of aromatic nitrogens is 1.